The fraction of sp³-hybridized carbons (Fsp3) is 0.538. The Morgan fingerprint density at radius 3 is 2.56 bits per heavy atom. The van der Waals surface area contributed by atoms with Crippen molar-refractivity contribution >= 4 is 11.9 Å². The van der Waals surface area contributed by atoms with Crippen LogP contribution in [0.2, 0.25) is 0 Å². The Balaban J connectivity index is 0.000000494. The maximum Gasteiger partial charge on any atom is 0.333 e. The smallest absolute Gasteiger partial charge is 0.333 e. The molecule has 102 valence electrons. The van der Waals surface area contributed by atoms with Crippen LogP contribution in [0, 0.1) is 0 Å². The van der Waals surface area contributed by atoms with Gasteiger partial charge in [-0.05, 0) is 19.8 Å². The van der Waals surface area contributed by atoms with E-state index in [0.29, 0.717) is 18.6 Å². The van der Waals surface area contributed by atoms with Gasteiger partial charge in [0.1, 0.15) is 0 Å². The van der Waals surface area contributed by atoms with Crippen molar-refractivity contribution in [1.82, 2.24) is 0 Å². The van der Waals surface area contributed by atoms with Crippen molar-refractivity contribution in [1.29, 1.82) is 0 Å². The zero-order valence-corrected chi connectivity index (χ0v) is 10.7. The van der Waals surface area contributed by atoms with E-state index in [-0.39, 0.29) is 12.1 Å². The predicted octanol–water partition coefficient (Wildman–Crippen LogP) is 1.93. The van der Waals surface area contributed by atoms with Gasteiger partial charge >= 0.3 is 11.9 Å². The lowest BCUT2D eigenvalue weighted by Gasteiger charge is -2.10. The molecule has 1 fully saturated rings. The first-order valence-corrected chi connectivity index (χ1v) is 5.83. The zero-order valence-electron chi connectivity index (χ0n) is 10.7. The number of aliphatic carboxylic acids is 1. The highest BCUT2D eigenvalue weighted by Crippen LogP contribution is 2.19. The van der Waals surface area contributed by atoms with E-state index in [1.807, 2.05) is 0 Å². The number of ether oxygens (including phenoxy) is 2. The Bertz CT molecular complexity index is 303. The summed E-state index contributed by atoms with van der Waals surface area (Å²) in [4.78, 5) is 20.4. The van der Waals surface area contributed by atoms with Gasteiger partial charge in [-0.25, -0.2) is 9.59 Å². The molecule has 0 aromatic heterocycles. The molecule has 1 N–H and O–H groups in total. The molecule has 0 aromatic rings. The van der Waals surface area contributed by atoms with Gasteiger partial charge in [0.2, 0.25) is 0 Å². The lowest BCUT2D eigenvalue weighted by molar-refractivity contribution is -0.139. The summed E-state index contributed by atoms with van der Waals surface area (Å²) >= 11 is 0. The third kappa shape index (κ3) is 7.62. The molecule has 0 saturated carbocycles. The average Bonchev–Trinajstić information content (AvgIpc) is 2.82. The third-order valence-electron chi connectivity index (χ3n) is 2.24. The zero-order chi connectivity index (χ0) is 14.0. The van der Waals surface area contributed by atoms with E-state index in [4.69, 9.17) is 14.6 Å². The van der Waals surface area contributed by atoms with Crippen LogP contribution >= 0.6 is 0 Å². The molecule has 1 atom stereocenters. The second kappa shape index (κ2) is 9.41. The van der Waals surface area contributed by atoms with E-state index in [1.165, 1.54) is 0 Å². The van der Waals surface area contributed by atoms with Gasteiger partial charge in [0.15, 0.2) is 0 Å². The van der Waals surface area contributed by atoms with E-state index in [0.717, 1.165) is 25.5 Å². The minimum absolute atomic E-state index is 0.178. The van der Waals surface area contributed by atoms with Crippen molar-refractivity contribution in [2.75, 3.05) is 13.2 Å². The maximum atomic E-state index is 11.2. The van der Waals surface area contributed by atoms with Gasteiger partial charge in [-0.15, -0.1) is 0 Å². The van der Waals surface area contributed by atoms with Gasteiger partial charge in [0.05, 0.1) is 12.7 Å². The molecule has 18 heavy (non-hydrogen) atoms. The molecule has 1 aliphatic rings. The molecule has 0 bridgehead atoms. The number of carbonyl (C=O) groups excluding carboxylic acids is 1. The molecule has 0 aliphatic carbocycles. The molecule has 5 heteroatoms. The van der Waals surface area contributed by atoms with Crippen molar-refractivity contribution < 1.29 is 24.2 Å². The van der Waals surface area contributed by atoms with Crippen molar-refractivity contribution in [2.45, 2.75) is 32.3 Å². The Morgan fingerprint density at radius 2 is 2.17 bits per heavy atom. The van der Waals surface area contributed by atoms with Crippen LogP contribution in [0.3, 0.4) is 0 Å². The molecule has 1 saturated heterocycles. The van der Waals surface area contributed by atoms with Crippen LogP contribution in [0.1, 0.15) is 26.2 Å². The standard InChI is InChI=1S/C10H16O3.C3H4O2/c1-3-12-10(11)8(2)7-9-5-4-6-13-9;1-2-3(4)5/h9H,2-7H2,1H3;2H,1H2,(H,4,5). The van der Waals surface area contributed by atoms with Crippen LogP contribution < -0.4 is 0 Å². The predicted molar refractivity (Wildman–Crippen MR) is 67.2 cm³/mol. The number of rotatable bonds is 5. The largest absolute Gasteiger partial charge is 0.478 e. The summed E-state index contributed by atoms with van der Waals surface area (Å²) in [6, 6.07) is 0. The fourth-order valence-corrected chi connectivity index (χ4v) is 1.40. The molecule has 0 radical (unpaired) electrons. The molecule has 1 heterocycles. The average molecular weight is 256 g/mol. The number of carbonyl (C=O) groups is 2. The highest BCUT2D eigenvalue weighted by molar-refractivity contribution is 5.87. The monoisotopic (exact) mass is 256 g/mol. The summed E-state index contributed by atoms with van der Waals surface area (Å²) < 4.78 is 10.2. The summed E-state index contributed by atoms with van der Waals surface area (Å²) in [6.07, 6.45) is 3.73. The highest BCUT2D eigenvalue weighted by Gasteiger charge is 2.19. The first-order valence-electron chi connectivity index (χ1n) is 5.83. The SMILES string of the molecule is C=C(CC1CCCO1)C(=O)OCC.C=CC(=O)O. The lowest BCUT2D eigenvalue weighted by Crippen LogP contribution is -2.13. The Morgan fingerprint density at radius 1 is 1.56 bits per heavy atom. The van der Waals surface area contributed by atoms with E-state index in [1.54, 1.807) is 6.92 Å². The molecule has 0 amide bonds. The summed E-state index contributed by atoms with van der Waals surface area (Å²) in [5.74, 6) is -1.27. The second-order valence-electron chi connectivity index (χ2n) is 3.71. The van der Waals surface area contributed by atoms with Crippen LogP contribution in [0.25, 0.3) is 0 Å². The minimum Gasteiger partial charge on any atom is -0.478 e. The van der Waals surface area contributed by atoms with E-state index in [2.05, 4.69) is 13.2 Å². The van der Waals surface area contributed by atoms with Crippen LogP contribution in [0.15, 0.2) is 24.8 Å². The Labute approximate surface area is 107 Å². The third-order valence-corrected chi connectivity index (χ3v) is 2.24. The first kappa shape index (κ1) is 16.4. The van der Waals surface area contributed by atoms with Gasteiger partial charge in [0.25, 0.3) is 0 Å². The van der Waals surface area contributed by atoms with Crippen molar-refractivity contribution in [3.05, 3.63) is 24.8 Å². The van der Waals surface area contributed by atoms with Crippen LogP contribution in [0.5, 0.6) is 0 Å². The normalized spacial score (nSPS) is 17.3. The van der Waals surface area contributed by atoms with Gasteiger partial charge in [-0.1, -0.05) is 13.2 Å². The number of esters is 1. The summed E-state index contributed by atoms with van der Waals surface area (Å²) in [5, 5.41) is 7.60. The second-order valence-corrected chi connectivity index (χ2v) is 3.71. The fourth-order valence-electron chi connectivity index (χ4n) is 1.40. The molecular weight excluding hydrogens is 236 g/mol. The number of carboxylic acids is 1. The first-order chi connectivity index (χ1) is 8.51. The van der Waals surface area contributed by atoms with E-state index >= 15 is 0 Å². The summed E-state index contributed by atoms with van der Waals surface area (Å²) in [7, 11) is 0. The summed E-state index contributed by atoms with van der Waals surface area (Å²) in [5.41, 5.74) is 0.522. The number of carboxylic acid groups (broad SMARTS) is 1. The lowest BCUT2D eigenvalue weighted by atomic mass is 10.1. The van der Waals surface area contributed by atoms with E-state index < -0.39 is 5.97 Å². The summed E-state index contributed by atoms with van der Waals surface area (Å²) in [6.45, 7) is 9.64. The molecule has 0 spiro atoms. The quantitative estimate of drug-likeness (QED) is 0.601. The van der Waals surface area contributed by atoms with Crippen LogP contribution in [-0.2, 0) is 19.1 Å². The molecule has 5 nitrogen and oxygen atoms in total. The maximum absolute atomic E-state index is 11.2. The van der Waals surface area contributed by atoms with Gasteiger partial charge in [0, 0.05) is 24.7 Å². The van der Waals surface area contributed by atoms with Crippen LogP contribution in [0.4, 0.5) is 0 Å². The Kier molecular flexibility index (Phi) is 8.57. The molecular formula is C13H20O5. The number of hydrogen-bond donors (Lipinski definition) is 1. The topological polar surface area (TPSA) is 72.8 Å². The van der Waals surface area contributed by atoms with Crippen molar-refractivity contribution in [3.63, 3.8) is 0 Å². The van der Waals surface area contributed by atoms with Crippen molar-refractivity contribution in [3.8, 4) is 0 Å². The molecule has 0 aromatic carbocycles. The Hall–Kier alpha value is -1.62. The molecule has 1 rings (SSSR count). The van der Waals surface area contributed by atoms with Gasteiger partial charge in [-0.3, -0.25) is 0 Å². The van der Waals surface area contributed by atoms with Crippen LogP contribution in [-0.4, -0.2) is 36.4 Å². The molecule has 1 unspecified atom stereocenters. The van der Waals surface area contributed by atoms with E-state index in [9.17, 15) is 9.59 Å². The highest BCUT2D eigenvalue weighted by atomic mass is 16.5. The van der Waals surface area contributed by atoms with Gasteiger partial charge < -0.3 is 14.6 Å². The van der Waals surface area contributed by atoms with Crippen molar-refractivity contribution in [2.24, 2.45) is 0 Å². The minimum atomic E-state index is -0.981. The van der Waals surface area contributed by atoms with Gasteiger partial charge in [-0.2, -0.15) is 0 Å². The molecule has 1 aliphatic heterocycles. The number of hydrogen-bond acceptors (Lipinski definition) is 4.